The van der Waals surface area contributed by atoms with E-state index in [4.69, 9.17) is 4.74 Å². The van der Waals surface area contributed by atoms with E-state index in [0.29, 0.717) is 23.0 Å². The van der Waals surface area contributed by atoms with Gasteiger partial charge in [0.15, 0.2) is 6.30 Å². The van der Waals surface area contributed by atoms with Crippen molar-refractivity contribution in [1.82, 2.24) is 14.6 Å². The summed E-state index contributed by atoms with van der Waals surface area (Å²) in [6, 6.07) is 8.08. The van der Waals surface area contributed by atoms with Crippen LogP contribution in [-0.2, 0) is 10.6 Å². The van der Waals surface area contributed by atoms with Crippen molar-refractivity contribution < 1.29 is 34.8 Å². The van der Waals surface area contributed by atoms with Crippen LogP contribution in [0.1, 0.15) is 110 Å². The molecular weight excluding hydrogens is 585 g/mol. The average Bonchev–Trinajstić information content (AvgIpc) is 3.24. The predicted molar refractivity (Wildman–Crippen MR) is 168 cm³/mol. The lowest BCUT2D eigenvalue weighted by Gasteiger charge is -2.43. The van der Waals surface area contributed by atoms with Crippen LogP contribution in [-0.4, -0.2) is 71.1 Å². The van der Waals surface area contributed by atoms with Gasteiger partial charge in [0.2, 0.25) is 5.72 Å². The molecule has 1 aromatic carbocycles. The topological polar surface area (TPSA) is 168 Å². The fourth-order valence-electron chi connectivity index (χ4n) is 6.01. The molecule has 2 aromatic rings. The number of hydrogen-bond donors (Lipinski definition) is 6. The highest BCUT2D eigenvalue weighted by Gasteiger charge is 2.71. The highest BCUT2D eigenvalue weighted by Crippen LogP contribution is 2.44. The predicted octanol–water partition coefficient (Wildman–Crippen LogP) is 4.50. The first-order chi connectivity index (χ1) is 21.6. The minimum atomic E-state index is -3.34. The maximum absolute atomic E-state index is 15.4. The number of aromatic amines is 1. The Labute approximate surface area is 264 Å². The van der Waals surface area contributed by atoms with Gasteiger partial charge in [-0.3, -0.25) is 9.78 Å². The third-order valence-electron chi connectivity index (χ3n) is 8.75. The van der Waals surface area contributed by atoms with Gasteiger partial charge in [-0.15, -0.1) is 5.06 Å². The van der Waals surface area contributed by atoms with Crippen LogP contribution in [0.5, 0.6) is 0 Å². The number of aliphatic hydroxyl groups is 4. The Bertz CT molecular complexity index is 1260. The van der Waals surface area contributed by atoms with Crippen molar-refractivity contribution >= 4 is 0 Å². The smallest absolute Gasteiger partial charge is 0.332 e. The number of hydrogen-bond acceptors (Lipinski definition) is 9. The van der Waals surface area contributed by atoms with Crippen molar-refractivity contribution in [2.45, 2.75) is 140 Å². The van der Waals surface area contributed by atoms with Gasteiger partial charge >= 0.3 is 11.6 Å². The van der Waals surface area contributed by atoms with E-state index in [1.54, 1.807) is 30.3 Å². The molecule has 12 heteroatoms. The number of unbranched alkanes of at least 4 members (excludes halogenated alkanes) is 14. The third kappa shape index (κ3) is 9.09. The summed E-state index contributed by atoms with van der Waals surface area (Å²) in [4.78, 5) is 27.4. The van der Waals surface area contributed by atoms with E-state index in [1.165, 1.54) is 57.8 Å². The molecule has 0 amide bonds. The number of nitrogens with zero attached hydrogens (tertiary/aromatic N) is 2. The molecular formula is C33H52FN3O8. The van der Waals surface area contributed by atoms with Crippen molar-refractivity contribution in [2.24, 2.45) is 0 Å². The zero-order valence-corrected chi connectivity index (χ0v) is 26.5. The van der Waals surface area contributed by atoms with E-state index >= 15 is 4.39 Å². The Hall–Kier alpha value is -2.45. The van der Waals surface area contributed by atoms with Gasteiger partial charge in [0.05, 0.1) is 12.2 Å². The summed E-state index contributed by atoms with van der Waals surface area (Å²) in [5.74, 6) is -3.31. The molecule has 1 aliphatic rings. The van der Waals surface area contributed by atoms with Crippen LogP contribution >= 0.6 is 0 Å². The quantitative estimate of drug-likeness (QED) is 0.0500. The number of aliphatic hydroxyl groups excluding tert-OH is 2. The summed E-state index contributed by atoms with van der Waals surface area (Å²) in [5.41, 5.74) is -5.20. The lowest BCUT2D eigenvalue weighted by Crippen LogP contribution is -2.69. The van der Waals surface area contributed by atoms with Gasteiger partial charge in [0.1, 0.15) is 12.2 Å². The highest BCUT2D eigenvalue weighted by atomic mass is 19.1. The normalized spacial score (nSPS) is 24.0. The first-order valence-corrected chi connectivity index (χ1v) is 16.6. The number of alkyl halides is 1. The number of H-pyrrole nitrogens is 1. The molecule has 2 heterocycles. The number of aromatic nitrogens is 2. The molecule has 0 radical (unpaired) electrons. The zero-order valence-electron chi connectivity index (χ0n) is 26.5. The zero-order chi connectivity index (χ0) is 32.9. The van der Waals surface area contributed by atoms with Crippen molar-refractivity contribution in [3.05, 3.63) is 57.4 Å². The summed E-state index contributed by atoms with van der Waals surface area (Å²) in [7, 11) is 0. The minimum Gasteiger partial charge on any atom is -0.394 e. The maximum atomic E-state index is 15.4. The van der Waals surface area contributed by atoms with Gasteiger partial charge in [-0.2, -0.15) is 0 Å². The summed E-state index contributed by atoms with van der Waals surface area (Å²) in [5, 5.41) is 54.2. The number of halogens is 1. The van der Waals surface area contributed by atoms with Crippen LogP contribution in [0.3, 0.4) is 0 Å². The Morgan fingerprint density at radius 1 is 0.911 bits per heavy atom. The van der Waals surface area contributed by atoms with Gasteiger partial charge in [0.25, 0.3) is 5.56 Å². The van der Waals surface area contributed by atoms with Crippen LogP contribution in [0.15, 0.2) is 46.1 Å². The molecule has 1 unspecified atom stereocenters. The summed E-state index contributed by atoms with van der Waals surface area (Å²) in [6.45, 7) is 1.28. The summed E-state index contributed by atoms with van der Waals surface area (Å²) >= 11 is 0. The molecule has 254 valence electrons. The Morgan fingerprint density at radius 2 is 1.42 bits per heavy atom. The van der Waals surface area contributed by atoms with Gasteiger partial charge < -0.3 is 30.4 Å². The second-order valence-corrected chi connectivity index (χ2v) is 12.2. The molecule has 1 fully saturated rings. The van der Waals surface area contributed by atoms with Crippen LogP contribution in [0.2, 0.25) is 0 Å². The molecule has 1 aromatic heterocycles. The fourth-order valence-corrected chi connectivity index (χ4v) is 6.01. The van der Waals surface area contributed by atoms with Crippen molar-refractivity contribution in [3.8, 4) is 11.1 Å². The van der Waals surface area contributed by atoms with Gasteiger partial charge in [-0.1, -0.05) is 127 Å². The molecule has 0 bridgehead atoms. The van der Waals surface area contributed by atoms with Gasteiger partial charge in [0, 0.05) is 6.20 Å². The largest absolute Gasteiger partial charge is 0.394 e. The molecule has 1 saturated heterocycles. The van der Waals surface area contributed by atoms with E-state index in [-0.39, 0.29) is 17.0 Å². The Morgan fingerprint density at radius 3 is 1.93 bits per heavy atom. The first kappa shape index (κ1) is 37.0. The fraction of sp³-hybridized carbons (Fsp3) is 0.697. The molecule has 5 atom stereocenters. The molecule has 0 saturated carbocycles. The lowest BCUT2D eigenvalue weighted by molar-refractivity contribution is -0.428. The Kier molecular flexibility index (Phi) is 14.8. The summed E-state index contributed by atoms with van der Waals surface area (Å²) in [6.07, 6.45) is 11.2. The van der Waals surface area contributed by atoms with Crippen molar-refractivity contribution in [1.29, 1.82) is 0 Å². The number of hydroxylamine groups is 2. The number of nitrogens with one attached hydrogen (secondary N) is 1. The van der Waals surface area contributed by atoms with Crippen LogP contribution < -0.4 is 11.2 Å². The summed E-state index contributed by atoms with van der Waals surface area (Å²) < 4.78 is 21.0. The van der Waals surface area contributed by atoms with E-state index in [1.807, 2.05) is 4.98 Å². The van der Waals surface area contributed by atoms with Gasteiger partial charge in [-0.05, 0) is 18.4 Å². The molecule has 6 N–H and O–H groups in total. The molecule has 0 spiro atoms. The molecule has 11 nitrogen and oxygen atoms in total. The number of benzene rings is 1. The van der Waals surface area contributed by atoms with Crippen LogP contribution in [0.25, 0.3) is 11.1 Å². The Balaban J connectivity index is 1.55. The van der Waals surface area contributed by atoms with Crippen molar-refractivity contribution in [3.63, 3.8) is 0 Å². The van der Waals surface area contributed by atoms with E-state index < -0.39 is 48.0 Å². The maximum Gasteiger partial charge on any atom is 0.332 e. The first-order valence-electron chi connectivity index (χ1n) is 16.6. The van der Waals surface area contributed by atoms with Gasteiger partial charge in [-0.25, -0.2) is 13.8 Å². The third-order valence-corrected chi connectivity index (χ3v) is 8.75. The lowest BCUT2D eigenvalue weighted by atomic mass is 9.99. The van der Waals surface area contributed by atoms with Crippen molar-refractivity contribution in [2.75, 3.05) is 6.61 Å². The highest BCUT2D eigenvalue weighted by molar-refractivity contribution is 5.61. The SMILES string of the molecule is CCCCCCCCCCCCCCCCCC(F)N(O)[C@@]1(O)[C@H](O)[C@@H](CO)O[C@]1(O)n1cc(-c2ccccc2)c(=O)[nH]c1=O. The minimum absolute atomic E-state index is 0.115. The second-order valence-electron chi connectivity index (χ2n) is 12.2. The van der Waals surface area contributed by atoms with E-state index in [0.717, 1.165) is 31.9 Å². The average molecular weight is 638 g/mol. The standard InChI is InChI=1S/C33H52FN3O8/c1-2-3-4-5-6-7-8-9-10-11-12-13-14-15-19-22-28(34)37(44)32(42)29(39)27(24-38)45-33(32,43)36-23-26(30(40)35-31(36)41)25-20-17-16-18-21-25/h16-18,20-21,23,27-29,38-39,42-44H,2-15,19,22,24H2,1H3,(H,35,40,41)/t27-,28?,29-,32-,33+/m1/s1. The molecule has 0 aliphatic carbocycles. The van der Waals surface area contributed by atoms with E-state index in [9.17, 15) is 35.2 Å². The molecule has 3 rings (SSSR count). The second kappa shape index (κ2) is 18.0. The van der Waals surface area contributed by atoms with Crippen LogP contribution in [0.4, 0.5) is 4.39 Å². The van der Waals surface area contributed by atoms with E-state index in [2.05, 4.69) is 6.92 Å². The van der Waals surface area contributed by atoms with Crippen LogP contribution in [0, 0.1) is 0 Å². The monoisotopic (exact) mass is 637 g/mol. The number of ether oxygens (including phenoxy) is 1. The molecule has 1 aliphatic heterocycles. The molecule has 45 heavy (non-hydrogen) atoms. The number of rotatable bonds is 21.